The summed E-state index contributed by atoms with van der Waals surface area (Å²) >= 11 is 1.31. The minimum Gasteiger partial charge on any atom is -0.488 e. The van der Waals surface area contributed by atoms with Gasteiger partial charge in [0.25, 0.3) is 5.91 Å². The number of carbonyl (C=O) groups is 1. The van der Waals surface area contributed by atoms with Gasteiger partial charge >= 0.3 is 0 Å². The number of carbonyl (C=O) groups excluding carboxylic acids is 1. The molecule has 0 fully saturated rings. The molecule has 1 N–H and O–H groups in total. The van der Waals surface area contributed by atoms with Gasteiger partial charge < -0.3 is 10.1 Å². The zero-order chi connectivity index (χ0) is 21.6. The summed E-state index contributed by atoms with van der Waals surface area (Å²) in [5.41, 5.74) is 2.10. The number of ether oxygens (including phenoxy) is 1. The molecular weight excluding hydrogens is 418 g/mol. The molecule has 4 aromatic rings. The van der Waals surface area contributed by atoms with Gasteiger partial charge in [0.15, 0.2) is 0 Å². The van der Waals surface area contributed by atoms with Crippen LogP contribution in [0.4, 0.5) is 8.78 Å². The van der Waals surface area contributed by atoms with E-state index in [1.807, 2.05) is 42.5 Å². The summed E-state index contributed by atoms with van der Waals surface area (Å²) in [6.07, 6.45) is 0. The van der Waals surface area contributed by atoms with Crippen molar-refractivity contribution in [3.05, 3.63) is 107 Å². The van der Waals surface area contributed by atoms with Gasteiger partial charge in [-0.15, -0.1) is 11.3 Å². The highest BCUT2D eigenvalue weighted by molar-refractivity contribution is 7.13. The number of benzene rings is 3. The monoisotopic (exact) mass is 436 g/mol. The minimum atomic E-state index is -0.537. The minimum absolute atomic E-state index is 0.120. The number of hydrogen-bond donors (Lipinski definition) is 1. The van der Waals surface area contributed by atoms with Crippen molar-refractivity contribution in [1.82, 2.24) is 10.3 Å². The maximum Gasteiger partial charge on any atom is 0.271 e. The number of hydrogen-bond acceptors (Lipinski definition) is 4. The van der Waals surface area contributed by atoms with Crippen molar-refractivity contribution in [2.24, 2.45) is 0 Å². The second-order valence-corrected chi connectivity index (χ2v) is 7.58. The molecule has 0 atom stereocenters. The number of halogens is 2. The number of aromatic nitrogens is 1. The van der Waals surface area contributed by atoms with E-state index in [0.29, 0.717) is 28.6 Å². The topological polar surface area (TPSA) is 51.2 Å². The molecule has 7 heteroatoms. The van der Waals surface area contributed by atoms with Crippen LogP contribution in [-0.4, -0.2) is 10.9 Å². The van der Waals surface area contributed by atoms with Gasteiger partial charge in [0, 0.05) is 17.5 Å². The SMILES string of the molecule is O=C(NCc1ccccc1)c1csc(-c2ccccc2OCc2cc(F)ccc2F)n1. The van der Waals surface area contributed by atoms with Crippen molar-refractivity contribution >= 4 is 17.2 Å². The van der Waals surface area contributed by atoms with Crippen molar-refractivity contribution in [3.8, 4) is 16.3 Å². The fourth-order valence-electron chi connectivity index (χ4n) is 2.95. The van der Waals surface area contributed by atoms with Gasteiger partial charge in [0.2, 0.25) is 0 Å². The van der Waals surface area contributed by atoms with Crippen LogP contribution >= 0.6 is 11.3 Å². The normalized spacial score (nSPS) is 10.6. The van der Waals surface area contributed by atoms with E-state index in [1.165, 1.54) is 11.3 Å². The van der Waals surface area contributed by atoms with Crippen LogP contribution in [0.3, 0.4) is 0 Å². The first-order valence-electron chi connectivity index (χ1n) is 9.54. The molecule has 4 nitrogen and oxygen atoms in total. The van der Waals surface area contributed by atoms with E-state index in [0.717, 1.165) is 23.8 Å². The molecule has 0 aliphatic carbocycles. The third kappa shape index (κ3) is 5.13. The Hall–Kier alpha value is -3.58. The largest absolute Gasteiger partial charge is 0.488 e. The lowest BCUT2D eigenvalue weighted by Gasteiger charge is -2.10. The predicted octanol–water partition coefficient (Wildman–Crippen LogP) is 5.60. The molecule has 1 aromatic heterocycles. The average molecular weight is 436 g/mol. The molecule has 156 valence electrons. The molecule has 31 heavy (non-hydrogen) atoms. The van der Waals surface area contributed by atoms with Crippen molar-refractivity contribution in [2.75, 3.05) is 0 Å². The lowest BCUT2D eigenvalue weighted by Crippen LogP contribution is -2.23. The lowest BCUT2D eigenvalue weighted by atomic mass is 10.2. The highest BCUT2D eigenvalue weighted by atomic mass is 32.1. The smallest absolute Gasteiger partial charge is 0.271 e. The number of amides is 1. The Morgan fingerprint density at radius 3 is 2.61 bits per heavy atom. The van der Waals surface area contributed by atoms with Crippen LogP contribution < -0.4 is 10.1 Å². The van der Waals surface area contributed by atoms with Crippen LogP contribution in [0.1, 0.15) is 21.6 Å². The van der Waals surface area contributed by atoms with Crippen LogP contribution in [0.25, 0.3) is 10.6 Å². The molecule has 0 radical (unpaired) electrons. The second kappa shape index (κ2) is 9.49. The first kappa shape index (κ1) is 20.7. The highest BCUT2D eigenvalue weighted by Gasteiger charge is 2.15. The number of thiazole rings is 1. The zero-order valence-corrected chi connectivity index (χ0v) is 17.2. The van der Waals surface area contributed by atoms with Crippen molar-refractivity contribution in [1.29, 1.82) is 0 Å². The summed E-state index contributed by atoms with van der Waals surface area (Å²) in [6, 6.07) is 20.0. The van der Waals surface area contributed by atoms with Gasteiger partial charge in [0.1, 0.15) is 34.7 Å². The van der Waals surface area contributed by atoms with Crippen LogP contribution in [0.15, 0.2) is 78.2 Å². The number of nitrogens with one attached hydrogen (secondary N) is 1. The summed E-state index contributed by atoms with van der Waals surface area (Å²) in [5.74, 6) is -0.867. The highest BCUT2D eigenvalue weighted by Crippen LogP contribution is 2.33. The molecule has 0 saturated carbocycles. The van der Waals surface area contributed by atoms with E-state index in [4.69, 9.17) is 4.74 Å². The average Bonchev–Trinajstić information content (AvgIpc) is 3.29. The van der Waals surface area contributed by atoms with Crippen molar-refractivity contribution < 1.29 is 18.3 Å². The Morgan fingerprint density at radius 1 is 1.00 bits per heavy atom. The first-order chi connectivity index (χ1) is 15.1. The van der Waals surface area contributed by atoms with Crippen LogP contribution in [0.2, 0.25) is 0 Å². The van der Waals surface area contributed by atoms with E-state index in [9.17, 15) is 13.6 Å². The number of rotatable bonds is 7. The van der Waals surface area contributed by atoms with E-state index in [1.54, 1.807) is 17.5 Å². The van der Waals surface area contributed by atoms with Crippen molar-refractivity contribution in [3.63, 3.8) is 0 Å². The summed E-state index contributed by atoms with van der Waals surface area (Å²) in [6.45, 7) is 0.280. The molecule has 0 aliphatic heterocycles. The number of para-hydroxylation sites is 1. The Kier molecular flexibility index (Phi) is 6.33. The van der Waals surface area contributed by atoms with Crippen LogP contribution in [0, 0.1) is 11.6 Å². The van der Waals surface area contributed by atoms with Gasteiger partial charge in [0.05, 0.1) is 5.56 Å². The molecular formula is C24H18F2N2O2S. The van der Waals surface area contributed by atoms with Gasteiger partial charge in [-0.05, 0) is 35.9 Å². The quantitative estimate of drug-likeness (QED) is 0.410. The maximum atomic E-state index is 13.9. The van der Waals surface area contributed by atoms with Gasteiger partial charge in [-0.25, -0.2) is 13.8 Å². The summed E-state index contributed by atoms with van der Waals surface area (Å²) < 4.78 is 33.0. The zero-order valence-electron chi connectivity index (χ0n) is 16.3. The first-order valence-corrected chi connectivity index (χ1v) is 10.4. The second-order valence-electron chi connectivity index (χ2n) is 6.73. The Morgan fingerprint density at radius 2 is 1.77 bits per heavy atom. The molecule has 3 aromatic carbocycles. The third-order valence-electron chi connectivity index (χ3n) is 4.54. The molecule has 0 saturated heterocycles. The van der Waals surface area contributed by atoms with Gasteiger partial charge in [-0.1, -0.05) is 42.5 Å². The fourth-order valence-corrected chi connectivity index (χ4v) is 3.78. The fraction of sp³-hybridized carbons (Fsp3) is 0.0833. The van der Waals surface area contributed by atoms with Gasteiger partial charge in [-0.3, -0.25) is 4.79 Å². The van der Waals surface area contributed by atoms with Gasteiger partial charge in [-0.2, -0.15) is 0 Å². The maximum absolute atomic E-state index is 13.9. The Bertz CT molecular complexity index is 1200. The number of nitrogens with zero attached hydrogens (tertiary/aromatic N) is 1. The molecule has 1 amide bonds. The molecule has 1 heterocycles. The third-order valence-corrected chi connectivity index (χ3v) is 5.42. The van der Waals surface area contributed by atoms with E-state index < -0.39 is 11.6 Å². The molecule has 0 spiro atoms. The summed E-state index contributed by atoms with van der Waals surface area (Å²) in [7, 11) is 0. The van der Waals surface area contributed by atoms with Crippen molar-refractivity contribution in [2.45, 2.75) is 13.2 Å². The standard InChI is InChI=1S/C24H18F2N2O2S/c25-18-10-11-20(26)17(12-18)14-30-22-9-5-4-8-19(22)24-28-21(15-31-24)23(29)27-13-16-6-2-1-3-7-16/h1-12,15H,13-14H2,(H,27,29). The molecule has 0 unspecified atom stereocenters. The van der Waals surface area contributed by atoms with E-state index in [-0.39, 0.29) is 18.1 Å². The molecule has 0 aliphatic rings. The van der Waals surface area contributed by atoms with E-state index in [2.05, 4.69) is 10.3 Å². The summed E-state index contributed by atoms with van der Waals surface area (Å²) in [5, 5.41) is 5.13. The Balaban J connectivity index is 1.47. The van der Waals surface area contributed by atoms with Crippen LogP contribution in [-0.2, 0) is 13.2 Å². The van der Waals surface area contributed by atoms with E-state index >= 15 is 0 Å². The molecule has 0 bridgehead atoms. The lowest BCUT2D eigenvalue weighted by molar-refractivity contribution is 0.0946. The Labute approximate surface area is 182 Å². The predicted molar refractivity (Wildman–Crippen MR) is 116 cm³/mol. The summed E-state index contributed by atoms with van der Waals surface area (Å²) in [4.78, 5) is 16.9. The molecule has 4 rings (SSSR count). The van der Waals surface area contributed by atoms with Crippen LogP contribution in [0.5, 0.6) is 5.75 Å².